The Morgan fingerprint density at radius 1 is 1.33 bits per heavy atom. The number of carboxylic acids is 1. The van der Waals surface area contributed by atoms with E-state index in [1.165, 1.54) is 0 Å². The Bertz CT molecular complexity index is 555. The predicted molar refractivity (Wildman–Crippen MR) is 78.4 cm³/mol. The number of rotatable bonds is 4. The molecular formula is C16H21NO4. The zero-order valence-electron chi connectivity index (χ0n) is 12.6. The van der Waals surface area contributed by atoms with Gasteiger partial charge in [-0.2, -0.15) is 0 Å². The van der Waals surface area contributed by atoms with E-state index in [0.29, 0.717) is 12.1 Å². The summed E-state index contributed by atoms with van der Waals surface area (Å²) in [5.41, 5.74) is 2.54. The van der Waals surface area contributed by atoms with Crippen LogP contribution in [0.1, 0.15) is 28.4 Å². The van der Waals surface area contributed by atoms with Gasteiger partial charge in [-0.1, -0.05) is 17.7 Å². The first kappa shape index (κ1) is 15.5. The Hall–Kier alpha value is -1.88. The molecule has 114 valence electrons. The van der Waals surface area contributed by atoms with Gasteiger partial charge in [0, 0.05) is 12.1 Å². The monoisotopic (exact) mass is 291 g/mol. The van der Waals surface area contributed by atoms with Crippen molar-refractivity contribution >= 4 is 11.9 Å². The van der Waals surface area contributed by atoms with Crippen LogP contribution in [0.2, 0.25) is 0 Å². The van der Waals surface area contributed by atoms with Crippen LogP contribution in [0.5, 0.6) is 0 Å². The van der Waals surface area contributed by atoms with Crippen molar-refractivity contribution in [1.82, 2.24) is 4.90 Å². The zero-order valence-corrected chi connectivity index (χ0v) is 12.6. The highest BCUT2D eigenvalue weighted by Crippen LogP contribution is 2.23. The number of aryl methyl sites for hydroxylation is 2. The van der Waals surface area contributed by atoms with Crippen molar-refractivity contribution in [3.63, 3.8) is 0 Å². The molecule has 1 aliphatic heterocycles. The van der Waals surface area contributed by atoms with E-state index in [4.69, 9.17) is 4.74 Å². The van der Waals surface area contributed by atoms with E-state index in [-0.39, 0.29) is 19.1 Å². The smallest absolute Gasteiger partial charge is 0.311 e. The highest BCUT2D eigenvalue weighted by molar-refractivity contribution is 5.96. The Kier molecular flexibility index (Phi) is 4.63. The summed E-state index contributed by atoms with van der Waals surface area (Å²) in [6.45, 7) is 6.59. The molecule has 0 saturated carbocycles. The molecule has 1 aromatic carbocycles. The summed E-state index contributed by atoms with van der Waals surface area (Å²) in [7, 11) is 0. The van der Waals surface area contributed by atoms with Crippen molar-refractivity contribution in [2.75, 3.05) is 19.8 Å². The average Bonchev–Trinajstić information content (AvgIpc) is 2.91. The number of carbonyl (C=O) groups excluding carboxylic acids is 1. The Morgan fingerprint density at radius 3 is 2.67 bits per heavy atom. The van der Waals surface area contributed by atoms with Crippen molar-refractivity contribution < 1.29 is 19.4 Å². The fourth-order valence-corrected chi connectivity index (χ4v) is 2.74. The number of nitrogens with zero attached hydrogens (tertiary/aromatic N) is 1. The topological polar surface area (TPSA) is 66.8 Å². The van der Waals surface area contributed by atoms with Gasteiger partial charge in [0.2, 0.25) is 0 Å². The van der Waals surface area contributed by atoms with E-state index in [9.17, 15) is 14.7 Å². The lowest BCUT2D eigenvalue weighted by molar-refractivity contribution is -0.142. The minimum atomic E-state index is -0.912. The molecule has 1 fully saturated rings. The first-order chi connectivity index (χ1) is 9.95. The van der Waals surface area contributed by atoms with Gasteiger partial charge in [0.15, 0.2) is 0 Å². The number of ether oxygens (including phenoxy) is 1. The van der Waals surface area contributed by atoms with Crippen LogP contribution in [0.15, 0.2) is 18.2 Å². The summed E-state index contributed by atoms with van der Waals surface area (Å²) < 4.78 is 5.28. The van der Waals surface area contributed by atoms with Gasteiger partial charge in [-0.05, 0) is 32.4 Å². The number of hydrogen-bond donors (Lipinski definition) is 1. The molecule has 0 spiro atoms. The number of hydrogen-bond acceptors (Lipinski definition) is 3. The van der Waals surface area contributed by atoms with E-state index < -0.39 is 17.9 Å². The van der Waals surface area contributed by atoms with E-state index >= 15 is 0 Å². The fraction of sp³-hybridized carbons (Fsp3) is 0.500. The second-order valence-electron chi connectivity index (χ2n) is 5.46. The average molecular weight is 291 g/mol. The predicted octanol–water partition coefficient (Wildman–Crippen LogP) is 1.87. The van der Waals surface area contributed by atoms with Crippen molar-refractivity contribution in [1.29, 1.82) is 0 Å². The Morgan fingerprint density at radius 2 is 2.05 bits per heavy atom. The molecule has 0 bridgehead atoms. The number of benzene rings is 1. The van der Waals surface area contributed by atoms with E-state index in [1.807, 2.05) is 39.0 Å². The van der Waals surface area contributed by atoms with Crippen LogP contribution >= 0.6 is 0 Å². The molecule has 5 heteroatoms. The molecule has 21 heavy (non-hydrogen) atoms. The lowest BCUT2D eigenvalue weighted by atomic mass is 9.99. The van der Waals surface area contributed by atoms with Gasteiger partial charge in [-0.15, -0.1) is 0 Å². The molecule has 1 aliphatic rings. The van der Waals surface area contributed by atoms with Crippen LogP contribution in [-0.2, 0) is 9.53 Å². The molecule has 2 unspecified atom stereocenters. The quantitative estimate of drug-likeness (QED) is 0.919. The van der Waals surface area contributed by atoms with Crippen LogP contribution in [0.25, 0.3) is 0 Å². The van der Waals surface area contributed by atoms with Gasteiger partial charge in [0.25, 0.3) is 5.91 Å². The highest BCUT2D eigenvalue weighted by atomic mass is 16.5. The van der Waals surface area contributed by atoms with Crippen LogP contribution < -0.4 is 0 Å². The number of amides is 1. The molecule has 1 amide bonds. The maximum atomic E-state index is 12.8. The van der Waals surface area contributed by atoms with E-state index in [2.05, 4.69) is 0 Å². The molecule has 0 aliphatic carbocycles. The maximum absolute atomic E-state index is 12.8. The lowest BCUT2D eigenvalue weighted by Crippen LogP contribution is -2.46. The SMILES string of the molecule is CCN(C(=O)c1cc(C)ccc1C)C1COCC1C(=O)O. The second-order valence-corrected chi connectivity index (χ2v) is 5.46. The summed E-state index contributed by atoms with van der Waals surface area (Å²) in [6.07, 6.45) is 0. The third-order valence-electron chi connectivity index (χ3n) is 3.99. The minimum Gasteiger partial charge on any atom is -0.481 e. The van der Waals surface area contributed by atoms with Crippen molar-refractivity contribution in [3.8, 4) is 0 Å². The minimum absolute atomic E-state index is 0.125. The molecule has 1 aromatic rings. The summed E-state index contributed by atoms with van der Waals surface area (Å²) in [5, 5.41) is 9.26. The summed E-state index contributed by atoms with van der Waals surface area (Å²) in [6, 6.07) is 5.32. The van der Waals surface area contributed by atoms with E-state index in [1.54, 1.807) is 4.90 Å². The first-order valence-corrected chi connectivity index (χ1v) is 7.14. The van der Waals surface area contributed by atoms with Crippen LogP contribution in [-0.4, -0.2) is 47.7 Å². The van der Waals surface area contributed by atoms with E-state index in [0.717, 1.165) is 11.1 Å². The largest absolute Gasteiger partial charge is 0.481 e. The Balaban J connectivity index is 2.30. The first-order valence-electron chi connectivity index (χ1n) is 7.14. The third-order valence-corrected chi connectivity index (χ3v) is 3.99. The highest BCUT2D eigenvalue weighted by Gasteiger charge is 2.39. The number of carboxylic acid groups (broad SMARTS) is 1. The van der Waals surface area contributed by atoms with Crippen molar-refractivity contribution in [3.05, 3.63) is 34.9 Å². The molecule has 2 rings (SSSR count). The van der Waals surface area contributed by atoms with Gasteiger partial charge in [-0.25, -0.2) is 0 Å². The van der Waals surface area contributed by atoms with Gasteiger partial charge in [-0.3, -0.25) is 9.59 Å². The van der Waals surface area contributed by atoms with Crippen molar-refractivity contribution in [2.24, 2.45) is 5.92 Å². The van der Waals surface area contributed by atoms with Crippen LogP contribution in [0.3, 0.4) is 0 Å². The summed E-state index contributed by atoms with van der Waals surface area (Å²) >= 11 is 0. The molecule has 5 nitrogen and oxygen atoms in total. The number of aliphatic carboxylic acids is 1. The third kappa shape index (κ3) is 3.08. The summed E-state index contributed by atoms with van der Waals surface area (Å²) in [5.74, 6) is -1.69. The second kappa shape index (κ2) is 6.26. The molecule has 2 atom stereocenters. The van der Waals surface area contributed by atoms with Crippen LogP contribution in [0, 0.1) is 19.8 Å². The molecule has 1 saturated heterocycles. The maximum Gasteiger partial charge on any atom is 0.311 e. The number of likely N-dealkylation sites (N-methyl/N-ethyl adjacent to an activating group) is 1. The zero-order chi connectivity index (χ0) is 15.6. The van der Waals surface area contributed by atoms with Gasteiger partial charge < -0.3 is 14.7 Å². The lowest BCUT2D eigenvalue weighted by Gasteiger charge is -2.30. The van der Waals surface area contributed by atoms with Gasteiger partial charge in [0.1, 0.15) is 5.92 Å². The van der Waals surface area contributed by atoms with Crippen LogP contribution in [0.4, 0.5) is 0 Å². The molecule has 0 aromatic heterocycles. The molecule has 1 N–H and O–H groups in total. The molecule has 0 radical (unpaired) electrons. The van der Waals surface area contributed by atoms with Gasteiger partial charge in [0.05, 0.1) is 19.3 Å². The van der Waals surface area contributed by atoms with Crippen molar-refractivity contribution in [2.45, 2.75) is 26.8 Å². The fourth-order valence-electron chi connectivity index (χ4n) is 2.74. The van der Waals surface area contributed by atoms with Gasteiger partial charge >= 0.3 is 5.97 Å². The standard InChI is InChI=1S/C16H21NO4/c1-4-17(14-9-21-8-13(14)16(19)20)15(18)12-7-10(2)5-6-11(12)3/h5-7,13-14H,4,8-9H2,1-3H3,(H,19,20). The molecule has 1 heterocycles. The Labute approximate surface area is 124 Å². The molecular weight excluding hydrogens is 270 g/mol. The normalized spacial score (nSPS) is 21.3. The summed E-state index contributed by atoms with van der Waals surface area (Å²) in [4.78, 5) is 25.7. The number of carbonyl (C=O) groups is 2.